The maximum atomic E-state index is 12.6. The molecule has 2 heterocycles. The third-order valence-corrected chi connectivity index (χ3v) is 7.53. The molecule has 1 aliphatic heterocycles. The summed E-state index contributed by atoms with van der Waals surface area (Å²) in [5, 5.41) is 0. The number of aryl methyl sites for hydroxylation is 1. The van der Waals surface area contributed by atoms with Crippen LogP contribution in [0, 0.1) is 5.92 Å². The number of thiophene rings is 1. The van der Waals surface area contributed by atoms with Gasteiger partial charge < -0.3 is 4.90 Å². The highest BCUT2D eigenvalue weighted by molar-refractivity contribution is 7.91. The number of nitrogens with zero attached hydrogens (tertiary/aromatic N) is 2. The van der Waals surface area contributed by atoms with Crippen molar-refractivity contribution in [3.8, 4) is 0 Å². The molecule has 1 aromatic rings. The highest BCUT2D eigenvalue weighted by Crippen LogP contribution is 2.26. The van der Waals surface area contributed by atoms with Crippen LogP contribution in [0.2, 0.25) is 0 Å². The normalized spacial score (nSPS) is 18.5. The third kappa shape index (κ3) is 4.28. The summed E-state index contributed by atoms with van der Waals surface area (Å²) in [6.07, 6.45) is 2.07. The minimum absolute atomic E-state index is 0.495. The van der Waals surface area contributed by atoms with Crippen LogP contribution in [0.3, 0.4) is 0 Å². The van der Waals surface area contributed by atoms with E-state index in [1.807, 2.05) is 6.07 Å². The Morgan fingerprint density at radius 1 is 1.19 bits per heavy atom. The molecule has 1 aromatic heterocycles. The lowest BCUT2D eigenvalue weighted by Crippen LogP contribution is -2.48. The van der Waals surface area contributed by atoms with Crippen molar-refractivity contribution in [2.24, 2.45) is 5.92 Å². The molecule has 21 heavy (non-hydrogen) atoms. The Kier molecular flexibility index (Phi) is 5.82. The zero-order valence-corrected chi connectivity index (χ0v) is 14.8. The van der Waals surface area contributed by atoms with Gasteiger partial charge in [-0.05, 0) is 37.4 Å². The van der Waals surface area contributed by atoms with Gasteiger partial charge in [-0.3, -0.25) is 0 Å². The van der Waals surface area contributed by atoms with Crippen molar-refractivity contribution in [3.05, 3.63) is 17.0 Å². The summed E-state index contributed by atoms with van der Waals surface area (Å²) in [5.74, 6) is 0.699. The van der Waals surface area contributed by atoms with Gasteiger partial charge in [-0.2, -0.15) is 4.31 Å². The molecule has 120 valence electrons. The number of sulfonamides is 1. The lowest BCUT2D eigenvalue weighted by atomic mass is 10.1. The molecule has 0 spiro atoms. The van der Waals surface area contributed by atoms with Gasteiger partial charge in [0.05, 0.1) is 0 Å². The Bertz CT molecular complexity index is 544. The second-order valence-electron chi connectivity index (χ2n) is 6.00. The van der Waals surface area contributed by atoms with Gasteiger partial charge in [-0.25, -0.2) is 8.42 Å². The Morgan fingerprint density at radius 3 is 2.38 bits per heavy atom. The van der Waals surface area contributed by atoms with Gasteiger partial charge in [0.25, 0.3) is 10.0 Å². The highest BCUT2D eigenvalue weighted by Gasteiger charge is 2.29. The predicted molar refractivity (Wildman–Crippen MR) is 88.4 cm³/mol. The van der Waals surface area contributed by atoms with Gasteiger partial charge in [-0.15, -0.1) is 11.3 Å². The topological polar surface area (TPSA) is 40.6 Å². The van der Waals surface area contributed by atoms with Gasteiger partial charge in [0.2, 0.25) is 0 Å². The third-order valence-electron chi connectivity index (χ3n) is 3.93. The highest BCUT2D eigenvalue weighted by atomic mass is 32.2. The van der Waals surface area contributed by atoms with Gasteiger partial charge in [0.15, 0.2) is 0 Å². The van der Waals surface area contributed by atoms with Crippen molar-refractivity contribution >= 4 is 21.4 Å². The summed E-state index contributed by atoms with van der Waals surface area (Å²) < 4.78 is 27.4. The minimum atomic E-state index is -3.28. The quantitative estimate of drug-likeness (QED) is 0.805. The van der Waals surface area contributed by atoms with Crippen molar-refractivity contribution in [2.75, 3.05) is 32.7 Å². The predicted octanol–water partition coefficient (Wildman–Crippen LogP) is 2.66. The first kappa shape index (κ1) is 16.9. The van der Waals surface area contributed by atoms with Crippen molar-refractivity contribution in [3.63, 3.8) is 0 Å². The van der Waals surface area contributed by atoms with Crippen molar-refractivity contribution in [1.29, 1.82) is 0 Å². The van der Waals surface area contributed by atoms with E-state index in [4.69, 9.17) is 0 Å². The molecule has 1 saturated heterocycles. The monoisotopic (exact) mass is 330 g/mol. The second kappa shape index (κ2) is 7.22. The fraction of sp³-hybridized carbons (Fsp3) is 0.733. The van der Waals surface area contributed by atoms with E-state index in [1.165, 1.54) is 17.8 Å². The molecule has 0 unspecified atom stereocenters. The van der Waals surface area contributed by atoms with Crippen molar-refractivity contribution < 1.29 is 8.42 Å². The molecule has 0 amide bonds. The Labute approximate surface area is 132 Å². The van der Waals surface area contributed by atoms with E-state index in [1.54, 1.807) is 10.4 Å². The molecule has 0 aromatic carbocycles. The largest absolute Gasteiger partial charge is 0.301 e. The van der Waals surface area contributed by atoms with Crippen LogP contribution in [0.5, 0.6) is 0 Å². The van der Waals surface area contributed by atoms with Crippen molar-refractivity contribution in [2.45, 2.75) is 37.8 Å². The molecule has 0 atom stereocenters. The summed E-state index contributed by atoms with van der Waals surface area (Å²) >= 11 is 1.41. The minimum Gasteiger partial charge on any atom is -0.301 e. The van der Waals surface area contributed by atoms with E-state index in [0.717, 1.165) is 30.9 Å². The van der Waals surface area contributed by atoms with Crippen LogP contribution in [-0.4, -0.2) is 50.3 Å². The zero-order chi connectivity index (χ0) is 15.5. The molecule has 0 bridgehead atoms. The molecule has 1 fully saturated rings. The first-order valence-electron chi connectivity index (χ1n) is 7.74. The van der Waals surface area contributed by atoms with Crippen LogP contribution in [0.15, 0.2) is 16.3 Å². The molecule has 4 nitrogen and oxygen atoms in total. The molecular formula is C15H26N2O2S2. The lowest BCUT2D eigenvalue weighted by molar-refractivity contribution is 0.181. The van der Waals surface area contributed by atoms with Crippen LogP contribution >= 0.6 is 11.3 Å². The first-order chi connectivity index (χ1) is 9.93. The van der Waals surface area contributed by atoms with Gasteiger partial charge in [0.1, 0.15) is 4.21 Å². The average molecular weight is 331 g/mol. The fourth-order valence-electron chi connectivity index (χ4n) is 2.45. The van der Waals surface area contributed by atoms with Crippen LogP contribution in [0.25, 0.3) is 0 Å². The van der Waals surface area contributed by atoms with Gasteiger partial charge >= 0.3 is 0 Å². The lowest BCUT2D eigenvalue weighted by Gasteiger charge is -2.33. The van der Waals surface area contributed by atoms with E-state index in [2.05, 4.69) is 25.7 Å². The Balaban J connectivity index is 1.94. The van der Waals surface area contributed by atoms with E-state index in [0.29, 0.717) is 23.2 Å². The fourth-order valence-corrected chi connectivity index (χ4v) is 5.32. The summed E-state index contributed by atoms with van der Waals surface area (Å²) in [7, 11) is -3.28. The molecule has 0 radical (unpaired) electrons. The molecule has 0 aliphatic carbocycles. The van der Waals surface area contributed by atoms with E-state index in [-0.39, 0.29) is 0 Å². The van der Waals surface area contributed by atoms with Crippen molar-refractivity contribution in [1.82, 2.24) is 9.21 Å². The number of piperazine rings is 1. The van der Waals surface area contributed by atoms with E-state index < -0.39 is 10.0 Å². The Morgan fingerprint density at radius 2 is 1.86 bits per heavy atom. The second-order valence-corrected chi connectivity index (χ2v) is 9.34. The van der Waals surface area contributed by atoms with Crippen LogP contribution in [0.1, 0.15) is 32.1 Å². The molecule has 2 rings (SSSR count). The molecule has 0 saturated carbocycles. The summed E-state index contributed by atoms with van der Waals surface area (Å²) in [5.41, 5.74) is 0. The SMILES string of the molecule is CCc1ccc(S(=O)(=O)N2CCN(CCC(C)C)CC2)s1. The summed E-state index contributed by atoms with van der Waals surface area (Å²) in [4.78, 5) is 3.50. The number of rotatable bonds is 6. The molecule has 6 heteroatoms. The van der Waals surface area contributed by atoms with Gasteiger partial charge in [-0.1, -0.05) is 20.8 Å². The first-order valence-corrected chi connectivity index (χ1v) is 10.0. The Hall–Kier alpha value is -0.430. The van der Waals surface area contributed by atoms with Crippen LogP contribution < -0.4 is 0 Å². The number of hydrogen-bond donors (Lipinski definition) is 0. The number of hydrogen-bond acceptors (Lipinski definition) is 4. The molecule has 1 aliphatic rings. The van der Waals surface area contributed by atoms with E-state index in [9.17, 15) is 8.42 Å². The summed E-state index contributed by atoms with van der Waals surface area (Å²) in [6.45, 7) is 10.5. The average Bonchev–Trinajstić information content (AvgIpc) is 2.95. The maximum Gasteiger partial charge on any atom is 0.252 e. The van der Waals surface area contributed by atoms with E-state index >= 15 is 0 Å². The summed E-state index contributed by atoms with van der Waals surface area (Å²) in [6, 6.07) is 3.68. The molecular weight excluding hydrogens is 304 g/mol. The van der Waals surface area contributed by atoms with Crippen LogP contribution in [-0.2, 0) is 16.4 Å². The standard InChI is InChI=1S/C15H26N2O2S2/c1-4-14-5-6-15(20-14)21(18,19)17-11-9-16(10-12-17)8-7-13(2)3/h5-6,13H,4,7-12H2,1-3H3. The molecule has 0 N–H and O–H groups in total. The smallest absolute Gasteiger partial charge is 0.252 e. The van der Waals surface area contributed by atoms with Crippen LogP contribution in [0.4, 0.5) is 0 Å². The van der Waals surface area contributed by atoms with Gasteiger partial charge in [0, 0.05) is 31.1 Å². The zero-order valence-electron chi connectivity index (χ0n) is 13.2. The maximum absolute atomic E-state index is 12.6.